The Labute approximate surface area is 144 Å². The van der Waals surface area contributed by atoms with Gasteiger partial charge < -0.3 is 9.88 Å². The van der Waals surface area contributed by atoms with Gasteiger partial charge in [0.2, 0.25) is 5.91 Å². The minimum Gasteiger partial charge on any atom is -0.339 e. The van der Waals surface area contributed by atoms with E-state index in [0.717, 1.165) is 32.7 Å². The number of aromatic amines is 1. The molecule has 1 fully saturated rings. The Morgan fingerprint density at radius 3 is 2.58 bits per heavy atom. The predicted molar refractivity (Wildman–Crippen MR) is 93.9 cm³/mol. The SMILES string of the molecule is O=C(CSc1nccc(=O)[nH]1)N1CCN(Cc2ccccc2)CC1. The fourth-order valence-corrected chi connectivity index (χ4v) is 3.39. The molecule has 1 saturated heterocycles. The van der Waals surface area contributed by atoms with Gasteiger partial charge in [0.25, 0.3) is 5.56 Å². The minimum absolute atomic E-state index is 0.0888. The van der Waals surface area contributed by atoms with Crippen LogP contribution in [-0.4, -0.2) is 57.6 Å². The molecule has 0 unspecified atom stereocenters. The van der Waals surface area contributed by atoms with Crippen molar-refractivity contribution in [1.29, 1.82) is 0 Å². The zero-order chi connectivity index (χ0) is 16.8. The number of carbonyl (C=O) groups is 1. The molecule has 1 aliphatic rings. The number of aromatic nitrogens is 2. The van der Waals surface area contributed by atoms with E-state index in [1.165, 1.54) is 29.6 Å². The van der Waals surface area contributed by atoms with Crippen molar-refractivity contribution in [2.45, 2.75) is 11.7 Å². The number of H-pyrrole nitrogens is 1. The van der Waals surface area contributed by atoms with Crippen molar-refractivity contribution in [3.63, 3.8) is 0 Å². The fraction of sp³-hybridized carbons (Fsp3) is 0.353. The molecule has 2 aromatic rings. The summed E-state index contributed by atoms with van der Waals surface area (Å²) < 4.78 is 0. The summed E-state index contributed by atoms with van der Waals surface area (Å²) in [4.78, 5) is 34.4. The van der Waals surface area contributed by atoms with Crippen LogP contribution in [0, 0.1) is 0 Å². The lowest BCUT2D eigenvalue weighted by atomic mass is 10.2. The van der Waals surface area contributed by atoms with E-state index >= 15 is 0 Å². The highest BCUT2D eigenvalue weighted by molar-refractivity contribution is 7.99. The predicted octanol–water partition coefficient (Wildman–Crippen LogP) is 1.21. The smallest absolute Gasteiger partial charge is 0.251 e. The number of rotatable bonds is 5. The van der Waals surface area contributed by atoms with E-state index in [1.807, 2.05) is 23.1 Å². The summed E-state index contributed by atoms with van der Waals surface area (Å²) in [5.74, 6) is 0.386. The van der Waals surface area contributed by atoms with Gasteiger partial charge in [-0.15, -0.1) is 0 Å². The number of hydrogen-bond acceptors (Lipinski definition) is 5. The van der Waals surface area contributed by atoms with Gasteiger partial charge in [-0.1, -0.05) is 42.1 Å². The highest BCUT2D eigenvalue weighted by Crippen LogP contribution is 2.13. The first-order chi connectivity index (χ1) is 11.7. The molecule has 1 aromatic carbocycles. The average molecular weight is 344 g/mol. The largest absolute Gasteiger partial charge is 0.339 e. The Bertz CT molecular complexity index is 727. The van der Waals surface area contributed by atoms with E-state index in [4.69, 9.17) is 0 Å². The maximum absolute atomic E-state index is 12.3. The van der Waals surface area contributed by atoms with Gasteiger partial charge in [0.1, 0.15) is 0 Å². The first-order valence-electron chi connectivity index (χ1n) is 7.93. The Kier molecular flexibility index (Phi) is 5.66. The third kappa shape index (κ3) is 4.69. The molecule has 0 aliphatic carbocycles. The van der Waals surface area contributed by atoms with Gasteiger partial charge in [-0.3, -0.25) is 14.5 Å². The van der Waals surface area contributed by atoms with Crippen LogP contribution in [-0.2, 0) is 11.3 Å². The summed E-state index contributed by atoms with van der Waals surface area (Å²) in [6.07, 6.45) is 1.45. The fourth-order valence-electron chi connectivity index (χ4n) is 2.64. The summed E-state index contributed by atoms with van der Waals surface area (Å²) in [7, 11) is 0. The highest BCUT2D eigenvalue weighted by atomic mass is 32.2. The monoisotopic (exact) mass is 344 g/mol. The van der Waals surface area contributed by atoms with Crippen LogP contribution in [0.5, 0.6) is 0 Å². The third-order valence-corrected chi connectivity index (χ3v) is 4.83. The molecule has 0 atom stereocenters. The summed E-state index contributed by atoms with van der Waals surface area (Å²) in [6, 6.07) is 11.7. The van der Waals surface area contributed by atoms with Gasteiger partial charge in [0.15, 0.2) is 5.16 Å². The number of nitrogens with zero attached hydrogens (tertiary/aromatic N) is 3. The zero-order valence-corrected chi connectivity index (χ0v) is 14.2. The number of hydrogen-bond donors (Lipinski definition) is 1. The number of thioether (sulfide) groups is 1. The Balaban J connectivity index is 1.44. The molecule has 1 N–H and O–H groups in total. The normalized spacial score (nSPS) is 15.4. The lowest BCUT2D eigenvalue weighted by Gasteiger charge is -2.34. The lowest BCUT2D eigenvalue weighted by Crippen LogP contribution is -2.48. The van der Waals surface area contributed by atoms with Crippen molar-refractivity contribution in [3.05, 3.63) is 58.5 Å². The molecule has 24 heavy (non-hydrogen) atoms. The van der Waals surface area contributed by atoms with E-state index < -0.39 is 0 Å². The van der Waals surface area contributed by atoms with Crippen LogP contribution in [0.4, 0.5) is 0 Å². The van der Waals surface area contributed by atoms with Crippen LogP contribution in [0.3, 0.4) is 0 Å². The molecule has 1 aromatic heterocycles. The van der Waals surface area contributed by atoms with Crippen LogP contribution in [0.2, 0.25) is 0 Å². The van der Waals surface area contributed by atoms with Gasteiger partial charge in [-0.25, -0.2) is 4.98 Å². The van der Waals surface area contributed by atoms with E-state index in [-0.39, 0.29) is 11.5 Å². The molecular weight excluding hydrogens is 324 g/mol. The second-order valence-electron chi connectivity index (χ2n) is 5.67. The van der Waals surface area contributed by atoms with Crippen LogP contribution in [0.15, 0.2) is 52.5 Å². The molecule has 1 aliphatic heterocycles. The molecule has 2 heterocycles. The quantitative estimate of drug-likeness (QED) is 0.652. The topological polar surface area (TPSA) is 69.3 Å². The molecule has 0 radical (unpaired) electrons. The van der Waals surface area contributed by atoms with Crippen LogP contribution >= 0.6 is 11.8 Å². The van der Waals surface area contributed by atoms with Gasteiger partial charge >= 0.3 is 0 Å². The second kappa shape index (κ2) is 8.12. The molecule has 6 nitrogen and oxygen atoms in total. The van der Waals surface area contributed by atoms with Crippen molar-refractivity contribution in [2.75, 3.05) is 31.9 Å². The second-order valence-corrected chi connectivity index (χ2v) is 6.63. The summed E-state index contributed by atoms with van der Waals surface area (Å²) in [6.45, 7) is 4.17. The molecule has 0 spiro atoms. The van der Waals surface area contributed by atoms with E-state index in [9.17, 15) is 9.59 Å². The van der Waals surface area contributed by atoms with Crippen LogP contribution in [0.25, 0.3) is 0 Å². The number of benzene rings is 1. The van der Waals surface area contributed by atoms with E-state index in [0.29, 0.717) is 10.9 Å². The zero-order valence-electron chi connectivity index (χ0n) is 13.4. The molecule has 1 amide bonds. The summed E-state index contributed by atoms with van der Waals surface area (Å²) >= 11 is 1.27. The Morgan fingerprint density at radius 2 is 1.88 bits per heavy atom. The standard InChI is InChI=1S/C17H20N4O2S/c22-15-6-7-18-17(19-15)24-13-16(23)21-10-8-20(9-11-21)12-14-4-2-1-3-5-14/h1-7H,8-13H2,(H,18,19,22). The van der Waals surface area contributed by atoms with Crippen molar-refractivity contribution >= 4 is 17.7 Å². The molecular formula is C17H20N4O2S. The van der Waals surface area contributed by atoms with Crippen molar-refractivity contribution < 1.29 is 4.79 Å². The number of nitrogens with one attached hydrogen (secondary N) is 1. The first-order valence-corrected chi connectivity index (χ1v) is 8.91. The van der Waals surface area contributed by atoms with Gasteiger partial charge in [-0.2, -0.15) is 0 Å². The molecule has 0 bridgehead atoms. The van der Waals surface area contributed by atoms with Gasteiger partial charge in [-0.05, 0) is 5.56 Å². The molecule has 126 valence electrons. The number of amides is 1. The Morgan fingerprint density at radius 1 is 1.12 bits per heavy atom. The number of carbonyl (C=O) groups excluding carboxylic acids is 1. The molecule has 7 heteroatoms. The maximum Gasteiger partial charge on any atom is 0.251 e. The van der Waals surface area contributed by atoms with Crippen LogP contribution in [0.1, 0.15) is 5.56 Å². The average Bonchev–Trinajstić information content (AvgIpc) is 2.61. The summed E-state index contributed by atoms with van der Waals surface area (Å²) in [5, 5.41) is 0.485. The summed E-state index contributed by atoms with van der Waals surface area (Å²) in [5.41, 5.74) is 1.10. The minimum atomic E-state index is -0.200. The van der Waals surface area contributed by atoms with Gasteiger partial charge in [0, 0.05) is 45.0 Å². The van der Waals surface area contributed by atoms with Crippen molar-refractivity contribution in [3.8, 4) is 0 Å². The highest BCUT2D eigenvalue weighted by Gasteiger charge is 2.21. The third-order valence-electron chi connectivity index (χ3n) is 3.95. The first kappa shape index (κ1) is 16.7. The molecule has 0 saturated carbocycles. The number of piperazine rings is 1. The van der Waals surface area contributed by atoms with Crippen LogP contribution < -0.4 is 5.56 Å². The maximum atomic E-state index is 12.3. The van der Waals surface area contributed by atoms with E-state index in [1.54, 1.807) is 0 Å². The molecule has 3 rings (SSSR count). The lowest BCUT2D eigenvalue weighted by molar-refractivity contribution is -0.130. The van der Waals surface area contributed by atoms with Crippen molar-refractivity contribution in [1.82, 2.24) is 19.8 Å². The van der Waals surface area contributed by atoms with E-state index in [2.05, 4.69) is 27.0 Å². The van der Waals surface area contributed by atoms with Gasteiger partial charge in [0.05, 0.1) is 5.75 Å². The van der Waals surface area contributed by atoms with Crippen molar-refractivity contribution in [2.24, 2.45) is 0 Å². The Hall–Kier alpha value is -2.12.